The van der Waals surface area contributed by atoms with Crippen molar-refractivity contribution in [3.63, 3.8) is 0 Å². The van der Waals surface area contributed by atoms with Gasteiger partial charge in [0.15, 0.2) is 0 Å². The summed E-state index contributed by atoms with van der Waals surface area (Å²) in [7, 11) is -2.29. The molecule has 0 radical (unpaired) electrons. The van der Waals surface area contributed by atoms with Gasteiger partial charge in [-0.25, -0.2) is 8.57 Å². The van der Waals surface area contributed by atoms with Crippen LogP contribution in [0.15, 0.2) is 50.9 Å². The van der Waals surface area contributed by atoms with Crippen LogP contribution in [-0.4, -0.2) is 10.5 Å². The molecule has 15 heavy (non-hydrogen) atoms. The first-order chi connectivity index (χ1) is 6.93. The van der Waals surface area contributed by atoms with Gasteiger partial charge < -0.3 is 0 Å². The quantitative estimate of drug-likeness (QED) is 0.755. The molecule has 3 heteroatoms. The topological polar surface area (TPSA) is 29.4 Å². The number of nitrogens with zero attached hydrogens (tertiary/aromatic N) is 1. The molecule has 0 heterocycles. The van der Waals surface area contributed by atoms with E-state index in [1.807, 2.05) is 51.1 Å². The van der Waals surface area contributed by atoms with Crippen LogP contribution in [0.25, 0.3) is 0 Å². The van der Waals surface area contributed by atoms with Gasteiger partial charge in [0, 0.05) is 16.8 Å². The number of hydrogen-bond acceptors (Lipinski definition) is 2. The molecule has 82 valence electrons. The Morgan fingerprint density at radius 1 is 1.13 bits per heavy atom. The molecular formula is C12H17NOS. The normalized spacial score (nSPS) is 14.1. The Morgan fingerprint density at radius 3 is 2.13 bits per heavy atom. The van der Waals surface area contributed by atoms with Gasteiger partial charge in [-0.2, -0.15) is 0 Å². The second kappa shape index (κ2) is 4.62. The SMILES string of the molecule is CC(C)=C(C)N=S(C)(=O)c1ccccc1. The molecule has 1 aromatic carbocycles. The van der Waals surface area contributed by atoms with E-state index in [9.17, 15) is 4.21 Å². The largest absolute Gasteiger partial charge is 0.245 e. The van der Waals surface area contributed by atoms with E-state index in [0.717, 1.165) is 16.2 Å². The van der Waals surface area contributed by atoms with Gasteiger partial charge in [0.1, 0.15) is 0 Å². The van der Waals surface area contributed by atoms with E-state index in [0.29, 0.717) is 0 Å². The lowest BCUT2D eigenvalue weighted by atomic mass is 10.3. The number of benzene rings is 1. The summed E-state index contributed by atoms with van der Waals surface area (Å²) in [4.78, 5) is 0.783. The Labute approximate surface area is 92.2 Å². The van der Waals surface area contributed by atoms with Crippen molar-refractivity contribution < 1.29 is 4.21 Å². The Morgan fingerprint density at radius 2 is 1.67 bits per heavy atom. The van der Waals surface area contributed by atoms with Crippen LogP contribution in [-0.2, 0) is 9.73 Å². The third kappa shape index (κ3) is 3.20. The fourth-order valence-electron chi connectivity index (χ4n) is 1.08. The highest BCUT2D eigenvalue weighted by atomic mass is 32.2. The minimum absolute atomic E-state index is 0.783. The van der Waals surface area contributed by atoms with Crippen molar-refractivity contribution in [3.8, 4) is 0 Å². The molecule has 0 fully saturated rings. The van der Waals surface area contributed by atoms with Crippen LogP contribution < -0.4 is 0 Å². The summed E-state index contributed by atoms with van der Waals surface area (Å²) in [6.07, 6.45) is 1.68. The molecule has 0 saturated carbocycles. The highest BCUT2D eigenvalue weighted by Crippen LogP contribution is 2.15. The molecule has 0 aliphatic heterocycles. The van der Waals surface area contributed by atoms with E-state index in [4.69, 9.17) is 0 Å². The monoisotopic (exact) mass is 223 g/mol. The minimum atomic E-state index is -2.29. The van der Waals surface area contributed by atoms with Gasteiger partial charge in [0.25, 0.3) is 0 Å². The molecule has 1 unspecified atom stereocenters. The van der Waals surface area contributed by atoms with Gasteiger partial charge in [-0.15, -0.1) is 0 Å². The second-order valence-electron chi connectivity index (χ2n) is 3.79. The summed E-state index contributed by atoms with van der Waals surface area (Å²) < 4.78 is 16.6. The average molecular weight is 223 g/mol. The lowest BCUT2D eigenvalue weighted by Crippen LogP contribution is -1.97. The van der Waals surface area contributed by atoms with E-state index in [2.05, 4.69) is 4.36 Å². The van der Waals surface area contributed by atoms with E-state index in [1.165, 1.54) is 0 Å². The lowest BCUT2D eigenvalue weighted by Gasteiger charge is -2.05. The van der Waals surface area contributed by atoms with Crippen LogP contribution >= 0.6 is 0 Å². The molecule has 0 bridgehead atoms. The molecule has 0 aromatic heterocycles. The first-order valence-corrected chi connectivity index (χ1v) is 6.77. The summed E-state index contributed by atoms with van der Waals surface area (Å²) in [5.41, 5.74) is 1.95. The van der Waals surface area contributed by atoms with Crippen molar-refractivity contribution in [1.29, 1.82) is 0 Å². The maximum Gasteiger partial charge on any atom is 0.0768 e. The predicted octanol–water partition coefficient (Wildman–Crippen LogP) is 3.46. The maximum atomic E-state index is 12.3. The van der Waals surface area contributed by atoms with Crippen molar-refractivity contribution in [1.82, 2.24) is 0 Å². The van der Waals surface area contributed by atoms with E-state index in [-0.39, 0.29) is 0 Å². The van der Waals surface area contributed by atoms with Crippen LogP contribution in [0.1, 0.15) is 20.8 Å². The zero-order chi connectivity index (χ0) is 11.5. The first-order valence-electron chi connectivity index (χ1n) is 4.85. The zero-order valence-electron chi connectivity index (χ0n) is 9.65. The molecule has 0 aliphatic rings. The second-order valence-corrected chi connectivity index (χ2v) is 6.05. The van der Waals surface area contributed by atoms with Crippen molar-refractivity contribution in [3.05, 3.63) is 41.6 Å². The summed E-state index contributed by atoms with van der Waals surface area (Å²) in [6.45, 7) is 5.83. The van der Waals surface area contributed by atoms with Gasteiger partial charge in [-0.05, 0) is 32.9 Å². The molecule has 0 aliphatic carbocycles. The smallest absolute Gasteiger partial charge is 0.0768 e. The van der Waals surface area contributed by atoms with Crippen LogP contribution in [0.4, 0.5) is 0 Å². The van der Waals surface area contributed by atoms with Gasteiger partial charge in [0.2, 0.25) is 0 Å². The highest BCUT2D eigenvalue weighted by Gasteiger charge is 2.04. The van der Waals surface area contributed by atoms with Crippen LogP contribution in [0, 0.1) is 0 Å². The Hall–Kier alpha value is -1.09. The van der Waals surface area contributed by atoms with Crippen LogP contribution in [0.5, 0.6) is 0 Å². The predicted molar refractivity (Wildman–Crippen MR) is 65.3 cm³/mol. The first kappa shape index (κ1) is 12.0. The Balaban J connectivity index is 3.27. The van der Waals surface area contributed by atoms with Crippen molar-refractivity contribution in [2.24, 2.45) is 4.36 Å². The van der Waals surface area contributed by atoms with Gasteiger partial charge in [-0.3, -0.25) is 0 Å². The standard InChI is InChI=1S/C12H17NOS/c1-10(2)11(3)13-15(4,14)12-8-6-5-7-9-12/h5-9H,1-4H3. The molecule has 1 aromatic rings. The molecule has 0 spiro atoms. The highest BCUT2D eigenvalue weighted by molar-refractivity contribution is 7.93. The van der Waals surface area contributed by atoms with Gasteiger partial charge in [-0.1, -0.05) is 23.8 Å². The third-order valence-corrected chi connectivity index (χ3v) is 3.98. The average Bonchev–Trinajstić information content (AvgIpc) is 2.18. The van der Waals surface area contributed by atoms with Crippen LogP contribution in [0.3, 0.4) is 0 Å². The molecule has 0 N–H and O–H groups in total. The Kier molecular flexibility index (Phi) is 3.69. The van der Waals surface area contributed by atoms with E-state index < -0.39 is 9.73 Å². The molecule has 0 saturated heterocycles. The minimum Gasteiger partial charge on any atom is -0.245 e. The summed E-state index contributed by atoms with van der Waals surface area (Å²) in [5, 5.41) is 0. The third-order valence-electron chi connectivity index (χ3n) is 2.22. The van der Waals surface area contributed by atoms with Crippen molar-refractivity contribution in [2.45, 2.75) is 25.7 Å². The zero-order valence-corrected chi connectivity index (χ0v) is 10.5. The molecule has 0 amide bonds. The van der Waals surface area contributed by atoms with Crippen LogP contribution in [0.2, 0.25) is 0 Å². The number of rotatable bonds is 2. The van der Waals surface area contributed by atoms with Crippen molar-refractivity contribution >= 4 is 9.73 Å². The van der Waals surface area contributed by atoms with E-state index >= 15 is 0 Å². The van der Waals surface area contributed by atoms with Gasteiger partial charge >= 0.3 is 0 Å². The molecule has 2 nitrogen and oxygen atoms in total. The fraction of sp³-hybridized carbons (Fsp3) is 0.333. The summed E-state index contributed by atoms with van der Waals surface area (Å²) >= 11 is 0. The number of hydrogen-bond donors (Lipinski definition) is 0. The van der Waals surface area contributed by atoms with Gasteiger partial charge in [0.05, 0.1) is 9.73 Å². The molecular weight excluding hydrogens is 206 g/mol. The van der Waals surface area contributed by atoms with E-state index in [1.54, 1.807) is 6.26 Å². The Bertz CT molecular complexity index is 476. The fourth-order valence-corrected chi connectivity index (χ4v) is 2.55. The molecule has 1 atom stereocenters. The number of allylic oxidation sites excluding steroid dienone is 2. The molecule has 1 rings (SSSR count). The summed E-state index contributed by atoms with van der Waals surface area (Å²) in [5.74, 6) is 0. The van der Waals surface area contributed by atoms with Crippen molar-refractivity contribution in [2.75, 3.05) is 6.26 Å². The maximum absolute atomic E-state index is 12.3. The lowest BCUT2D eigenvalue weighted by molar-refractivity contribution is 0.680. The summed E-state index contributed by atoms with van der Waals surface area (Å²) in [6, 6.07) is 9.37.